The number of nitrogens with one attached hydrogen (secondary N) is 1. The number of rotatable bonds is 5. The monoisotopic (exact) mass is 350 g/mol. The maximum atomic E-state index is 12.5. The molecule has 3 N–H and O–H groups in total. The van der Waals surface area contributed by atoms with E-state index in [1.54, 1.807) is 0 Å². The molecule has 2 rings (SSSR count). The van der Waals surface area contributed by atoms with Crippen LogP contribution in [0.5, 0.6) is 0 Å². The smallest absolute Gasteiger partial charge is 0.242 e. The molecule has 118 valence electrons. The third kappa shape index (κ3) is 3.71. The van der Waals surface area contributed by atoms with Crippen molar-refractivity contribution >= 4 is 33.2 Å². The molecular weight excluding hydrogens is 331 g/mol. The average molecular weight is 351 g/mol. The van der Waals surface area contributed by atoms with Gasteiger partial charge in [0, 0.05) is 23.7 Å². The second-order valence-corrected chi connectivity index (χ2v) is 8.41. The first-order valence-corrected chi connectivity index (χ1v) is 9.20. The first kappa shape index (κ1) is 17.0. The van der Waals surface area contributed by atoms with Gasteiger partial charge >= 0.3 is 0 Å². The van der Waals surface area contributed by atoms with Gasteiger partial charge in [-0.25, -0.2) is 13.1 Å². The van der Waals surface area contributed by atoms with Crippen LogP contribution in [-0.2, 0) is 16.6 Å². The highest BCUT2D eigenvalue weighted by Crippen LogP contribution is 2.37. The first-order valence-electron chi connectivity index (χ1n) is 6.96. The molecule has 0 heterocycles. The number of hydrogen-bond donors (Lipinski definition) is 2. The average Bonchev–Trinajstić information content (AvgIpc) is 2.84. The van der Waals surface area contributed by atoms with E-state index in [4.69, 9.17) is 28.9 Å². The Morgan fingerprint density at radius 3 is 2.48 bits per heavy atom. The van der Waals surface area contributed by atoms with Crippen molar-refractivity contribution in [3.05, 3.63) is 27.7 Å². The van der Waals surface area contributed by atoms with Crippen LogP contribution in [0.15, 0.2) is 17.0 Å². The van der Waals surface area contributed by atoms with Crippen LogP contribution in [0.1, 0.15) is 38.2 Å². The number of halogens is 2. The molecule has 21 heavy (non-hydrogen) atoms. The number of nitrogens with two attached hydrogens (primary N) is 1. The predicted octanol–water partition coefficient (Wildman–Crippen LogP) is 3.31. The van der Waals surface area contributed by atoms with E-state index < -0.39 is 10.0 Å². The Kier molecular flexibility index (Phi) is 5.21. The van der Waals surface area contributed by atoms with Crippen LogP contribution < -0.4 is 10.5 Å². The van der Waals surface area contributed by atoms with Crippen molar-refractivity contribution in [2.45, 2.75) is 44.0 Å². The van der Waals surface area contributed by atoms with E-state index in [1.165, 1.54) is 12.1 Å². The Hall–Kier alpha value is -0.330. The summed E-state index contributed by atoms with van der Waals surface area (Å²) in [6.07, 6.45) is 4.38. The minimum Gasteiger partial charge on any atom is -0.326 e. The number of sulfonamides is 1. The molecule has 0 saturated heterocycles. The van der Waals surface area contributed by atoms with E-state index in [1.807, 2.05) is 0 Å². The second kappa shape index (κ2) is 6.42. The van der Waals surface area contributed by atoms with Crippen molar-refractivity contribution in [1.82, 2.24) is 4.72 Å². The lowest BCUT2D eigenvalue weighted by atomic mass is 9.89. The van der Waals surface area contributed by atoms with Gasteiger partial charge in [-0.2, -0.15) is 0 Å². The molecule has 1 fully saturated rings. The summed E-state index contributed by atoms with van der Waals surface area (Å²) in [4.78, 5) is 0.0376. The normalized spacial score (nSPS) is 18.1. The van der Waals surface area contributed by atoms with Gasteiger partial charge in [0.25, 0.3) is 0 Å². The molecule has 0 unspecified atom stereocenters. The van der Waals surface area contributed by atoms with E-state index in [-0.39, 0.29) is 21.9 Å². The topological polar surface area (TPSA) is 72.2 Å². The lowest BCUT2D eigenvalue weighted by Gasteiger charge is -2.24. The largest absolute Gasteiger partial charge is 0.326 e. The van der Waals surface area contributed by atoms with Crippen LogP contribution in [0.4, 0.5) is 0 Å². The summed E-state index contributed by atoms with van der Waals surface area (Å²) < 4.78 is 27.6. The quantitative estimate of drug-likeness (QED) is 0.855. The molecular formula is C14H20Cl2N2O2S. The summed E-state index contributed by atoms with van der Waals surface area (Å²) in [5, 5.41) is 0.485. The fourth-order valence-corrected chi connectivity index (χ4v) is 4.85. The SMILES string of the molecule is CC1(CNS(=O)(=O)c2ccc(Cl)c(CN)c2Cl)CCCC1. The van der Waals surface area contributed by atoms with Crippen molar-refractivity contribution in [1.29, 1.82) is 0 Å². The predicted molar refractivity (Wildman–Crippen MR) is 86.1 cm³/mol. The van der Waals surface area contributed by atoms with E-state index in [0.717, 1.165) is 25.7 Å². The fourth-order valence-electron chi connectivity index (χ4n) is 2.72. The van der Waals surface area contributed by atoms with Crippen molar-refractivity contribution in [3.63, 3.8) is 0 Å². The van der Waals surface area contributed by atoms with Gasteiger partial charge in [0.15, 0.2) is 0 Å². The zero-order valence-electron chi connectivity index (χ0n) is 12.0. The standard InChI is InChI=1S/C14H20Cl2N2O2S/c1-14(6-2-3-7-14)9-18-21(19,20)12-5-4-11(15)10(8-17)13(12)16/h4-5,18H,2-3,6-9,17H2,1H3. The fraction of sp³-hybridized carbons (Fsp3) is 0.571. The van der Waals surface area contributed by atoms with Gasteiger partial charge in [0.1, 0.15) is 4.90 Å². The Morgan fingerprint density at radius 2 is 1.90 bits per heavy atom. The van der Waals surface area contributed by atoms with E-state index >= 15 is 0 Å². The highest BCUT2D eigenvalue weighted by Gasteiger charge is 2.31. The van der Waals surface area contributed by atoms with Gasteiger partial charge in [-0.1, -0.05) is 43.0 Å². The summed E-state index contributed by atoms with van der Waals surface area (Å²) in [5.41, 5.74) is 6.06. The lowest BCUT2D eigenvalue weighted by molar-refractivity contribution is 0.336. The molecule has 7 heteroatoms. The van der Waals surface area contributed by atoms with Crippen molar-refractivity contribution in [2.75, 3.05) is 6.54 Å². The van der Waals surface area contributed by atoms with Crippen molar-refractivity contribution in [2.24, 2.45) is 11.1 Å². The summed E-state index contributed by atoms with van der Waals surface area (Å²) in [6.45, 7) is 2.63. The number of benzene rings is 1. The molecule has 1 aliphatic carbocycles. The Bertz CT molecular complexity index is 626. The van der Waals surface area contributed by atoms with Crippen LogP contribution in [0.25, 0.3) is 0 Å². The Morgan fingerprint density at radius 1 is 1.29 bits per heavy atom. The summed E-state index contributed by atoms with van der Waals surface area (Å²) >= 11 is 12.1. The van der Waals surface area contributed by atoms with Gasteiger partial charge < -0.3 is 5.73 Å². The molecule has 1 aromatic rings. The summed E-state index contributed by atoms with van der Waals surface area (Å²) in [5.74, 6) is 0. The molecule has 0 aromatic heterocycles. The molecule has 1 saturated carbocycles. The maximum absolute atomic E-state index is 12.5. The van der Waals surface area contributed by atoms with E-state index in [2.05, 4.69) is 11.6 Å². The molecule has 0 spiro atoms. The first-order chi connectivity index (χ1) is 9.79. The van der Waals surface area contributed by atoms with E-state index in [9.17, 15) is 8.42 Å². The maximum Gasteiger partial charge on any atom is 0.242 e. The molecule has 0 radical (unpaired) electrons. The molecule has 0 atom stereocenters. The molecule has 1 aliphatic rings. The van der Waals surface area contributed by atoms with Crippen molar-refractivity contribution in [3.8, 4) is 0 Å². The zero-order chi connectivity index (χ0) is 15.7. The highest BCUT2D eigenvalue weighted by atomic mass is 35.5. The lowest BCUT2D eigenvalue weighted by Crippen LogP contribution is -2.34. The van der Waals surface area contributed by atoms with Gasteiger partial charge in [0.2, 0.25) is 10.0 Å². The Labute approximate surface area is 136 Å². The minimum absolute atomic E-state index is 0.0304. The third-order valence-corrected chi connectivity index (χ3v) is 6.49. The van der Waals surface area contributed by atoms with Crippen LogP contribution in [0.3, 0.4) is 0 Å². The molecule has 0 aliphatic heterocycles. The summed E-state index contributed by atoms with van der Waals surface area (Å²) in [7, 11) is -3.66. The molecule has 0 bridgehead atoms. The second-order valence-electron chi connectivity index (χ2n) is 5.88. The minimum atomic E-state index is -3.66. The van der Waals surface area contributed by atoms with Gasteiger partial charge in [-0.05, 0) is 30.4 Å². The molecule has 0 amide bonds. The molecule has 4 nitrogen and oxygen atoms in total. The van der Waals surface area contributed by atoms with E-state index in [0.29, 0.717) is 17.1 Å². The van der Waals surface area contributed by atoms with Crippen LogP contribution in [-0.4, -0.2) is 15.0 Å². The highest BCUT2D eigenvalue weighted by molar-refractivity contribution is 7.89. The van der Waals surface area contributed by atoms with Crippen molar-refractivity contribution < 1.29 is 8.42 Å². The van der Waals surface area contributed by atoms with Gasteiger partial charge in [0.05, 0.1) is 5.02 Å². The third-order valence-electron chi connectivity index (χ3n) is 4.14. The van der Waals surface area contributed by atoms with Crippen LogP contribution in [0.2, 0.25) is 10.0 Å². The Balaban J connectivity index is 2.24. The number of hydrogen-bond acceptors (Lipinski definition) is 3. The van der Waals surface area contributed by atoms with Crippen LogP contribution >= 0.6 is 23.2 Å². The van der Waals surface area contributed by atoms with Gasteiger partial charge in [-0.15, -0.1) is 0 Å². The van der Waals surface area contributed by atoms with Crippen LogP contribution in [0, 0.1) is 5.41 Å². The summed E-state index contributed by atoms with van der Waals surface area (Å²) in [6, 6.07) is 2.94. The molecule has 1 aromatic carbocycles. The zero-order valence-corrected chi connectivity index (χ0v) is 14.3. The van der Waals surface area contributed by atoms with Gasteiger partial charge in [-0.3, -0.25) is 0 Å².